The highest BCUT2D eigenvalue weighted by molar-refractivity contribution is 7.20. The van der Waals surface area contributed by atoms with E-state index in [1.165, 1.54) is 16.9 Å². The minimum absolute atomic E-state index is 0.0300. The molecule has 1 aliphatic heterocycles. The molecule has 0 saturated heterocycles. The smallest absolute Gasteiger partial charge is 0.266 e. The van der Waals surface area contributed by atoms with Crippen LogP contribution in [0.4, 0.5) is 11.4 Å². The number of amides is 2. The molecule has 160 valence electrons. The fraction of sp³-hybridized carbons (Fsp3) is 0.200. The first kappa shape index (κ1) is 20.3. The number of aromatic nitrogens is 2. The number of aryl methyl sites for hydroxylation is 3. The number of benzene rings is 2. The number of nitrogens with one attached hydrogen (secondary N) is 1. The molecule has 0 saturated carbocycles. The molecule has 3 heterocycles. The van der Waals surface area contributed by atoms with E-state index in [0.717, 1.165) is 33.6 Å². The van der Waals surface area contributed by atoms with E-state index in [4.69, 9.17) is 0 Å². The summed E-state index contributed by atoms with van der Waals surface area (Å²) in [5.41, 5.74) is 5.18. The van der Waals surface area contributed by atoms with Crippen LogP contribution in [0.1, 0.15) is 42.7 Å². The standard InChI is InChI=1S/C25H22N4O2S/c1-14-21-15(2)26-16(3)27-24(21)32-22(14)23(30)28-19-10-8-18(9-11-19)25(31)29-13-12-17-6-4-5-7-20(17)29/h4-11H,12-13H2,1-3H3,(H,28,30). The lowest BCUT2D eigenvalue weighted by Gasteiger charge is -2.17. The van der Waals surface area contributed by atoms with E-state index < -0.39 is 0 Å². The van der Waals surface area contributed by atoms with Crippen LogP contribution in [0.25, 0.3) is 10.2 Å². The Bertz CT molecular complexity index is 1370. The van der Waals surface area contributed by atoms with E-state index in [9.17, 15) is 9.59 Å². The number of carbonyl (C=O) groups excluding carboxylic acids is 2. The topological polar surface area (TPSA) is 75.2 Å². The van der Waals surface area contributed by atoms with Crippen LogP contribution in [0.15, 0.2) is 48.5 Å². The van der Waals surface area contributed by atoms with Crippen LogP contribution in [0.5, 0.6) is 0 Å². The number of hydrogen-bond acceptors (Lipinski definition) is 5. The Morgan fingerprint density at radius 1 is 1.00 bits per heavy atom. The summed E-state index contributed by atoms with van der Waals surface area (Å²) in [5, 5.41) is 3.89. The molecule has 32 heavy (non-hydrogen) atoms. The number of hydrogen-bond donors (Lipinski definition) is 1. The van der Waals surface area contributed by atoms with Crippen molar-refractivity contribution in [2.24, 2.45) is 0 Å². The molecule has 0 atom stereocenters. The summed E-state index contributed by atoms with van der Waals surface area (Å²) in [4.78, 5) is 38.1. The Morgan fingerprint density at radius 2 is 1.75 bits per heavy atom. The van der Waals surface area contributed by atoms with Crippen molar-refractivity contribution in [2.45, 2.75) is 27.2 Å². The van der Waals surface area contributed by atoms with Crippen LogP contribution in [-0.2, 0) is 6.42 Å². The van der Waals surface area contributed by atoms with E-state index in [2.05, 4.69) is 21.4 Å². The molecule has 2 aromatic heterocycles. The number of para-hydroxylation sites is 1. The van der Waals surface area contributed by atoms with Crippen molar-refractivity contribution in [1.82, 2.24) is 9.97 Å². The zero-order valence-electron chi connectivity index (χ0n) is 18.1. The molecule has 5 rings (SSSR count). The molecule has 6 nitrogen and oxygen atoms in total. The van der Waals surface area contributed by atoms with Gasteiger partial charge in [0.2, 0.25) is 0 Å². The lowest BCUT2D eigenvalue weighted by Crippen LogP contribution is -2.28. The first-order valence-electron chi connectivity index (χ1n) is 10.5. The summed E-state index contributed by atoms with van der Waals surface area (Å²) in [6, 6.07) is 15.0. The second kappa shape index (κ2) is 7.84. The van der Waals surface area contributed by atoms with Crippen LogP contribution in [-0.4, -0.2) is 28.3 Å². The molecule has 0 unspecified atom stereocenters. The Kier molecular flexibility index (Phi) is 4.98. The Labute approximate surface area is 189 Å². The highest BCUT2D eigenvalue weighted by atomic mass is 32.1. The van der Waals surface area contributed by atoms with Crippen LogP contribution in [0.3, 0.4) is 0 Å². The van der Waals surface area contributed by atoms with Gasteiger partial charge in [-0.15, -0.1) is 11.3 Å². The number of carbonyl (C=O) groups is 2. The summed E-state index contributed by atoms with van der Waals surface area (Å²) in [7, 11) is 0. The number of thiophene rings is 1. The summed E-state index contributed by atoms with van der Waals surface area (Å²) in [5.74, 6) is 0.483. The molecule has 0 spiro atoms. The zero-order valence-corrected chi connectivity index (χ0v) is 18.9. The van der Waals surface area contributed by atoms with Gasteiger partial charge in [0.1, 0.15) is 10.7 Å². The normalized spacial score (nSPS) is 12.8. The van der Waals surface area contributed by atoms with Crippen LogP contribution < -0.4 is 10.2 Å². The van der Waals surface area contributed by atoms with Gasteiger partial charge < -0.3 is 10.2 Å². The van der Waals surface area contributed by atoms with Gasteiger partial charge in [0.05, 0.1) is 4.88 Å². The van der Waals surface area contributed by atoms with E-state index in [0.29, 0.717) is 28.5 Å². The molecular formula is C25H22N4O2S. The van der Waals surface area contributed by atoms with E-state index in [-0.39, 0.29) is 11.8 Å². The second-order valence-electron chi connectivity index (χ2n) is 7.96. The summed E-state index contributed by atoms with van der Waals surface area (Å²) < 4.78 is 0. The highest BCUT2D eigenvalue weighted by Crippen LogP contribution is 2.32. The fourth-order valence-electron chi connectivity index (χ4n) is 4.28. The fourth-order valence-corrected chi connectivity index (χ4v) is 5.45. The number of nitrogens with zero attached hydrogens (tertiary/aromatic N) is 3. The molecular weight excluding hydrogens is 420 g/mol. The molecule has 2 aromatic carbocycles. The van der Waals surface area contributed by atoms with Crippen LogP contribution in [0.2, 0.25) is 0 Å². The average molecular weight is 443 g/mol. The SMILES string of the molecule is Cc1nc(C)c2c(C)c(C(=O)Nc3ccc(C(=O)N4CCc5ccccc54)cc3)sc2n1. The first-order valence-corrected chi connectivity index (χ1v) is 11.3. The molecule has 1 aliphatic rings. The van der Waals surface area contributed by atoms with Crippen molar-refractivity contribution in [1.29, 1.82) is 0 Å². The monoisotopic (exact) mass is 442 g/mol. The summed E-state index contributed by atoms with van der Waals surface area (Å²) in [6.07, 6.45) is 0.869. The highest BCUT2D eigenvalue weighted by Gasteiger charge is 2.25. The predicted molar refractivity (Wildman–Crippen MR) is 128 cm³/mol. The first-order chi connectivity index (χ1) is 15.4. The third-order valence-electron chi connectivity index (χ3n) is 5.81. The average Bonchev–Trinajstić information content (AvgIpc) is 3.35. The van der Waals surface area contributed by atoms with Crippen molar-refractivity contribution in [2.75, 3.05) is 16.8 Å². The predicted octanol–water partition coefficient (Wildman–Crippen LogP) is 5.07. The maximum absolute atomic E-state index is 13.0. The molecule has 2 amide bonds. The van der Waals surface area contributed by atoms with E-state index in [1.807, 2.05) is 43.9 Å². The molecule has 7 heteroatoms. The molecule has 0 fully saturated rings. The maximum atomic E-state index is 13.0. The van der Waals surface area contributed by atoms with Gasteiger partial charge in [-0.3, -0.25) is 9.59 Å². The lowest BCUT2D eigenvalue weighted by atomic mass is 10.1. The minimum Gasteiger partial charge on any atom is -0.321 e. The van der Waals surface area contributed by atoms with Crippen molar-refractivity contribution in [3.8, 4) is 0 Å². The Hall–Kier alpha value is -3.58. The van der Waals surface area contributed by atoms with Crippen LogP contribution >= 0.6 is 11.3 Å². The van der Waals surface area contributed by atoms with Crippen molar-refractivity contribution < 1.29 is 9.59 Å². The summed E-state index contributed by atoms with van der Waals surface area (Å²) >= 11 is 1.37. The maximum Gasteiger partial charge on any atom is 0.266 e. The third-order valence-corrected chi connectivity index (χ3v) is 7.00. The van der Waals surface area contributed by atoms with Gasteiger partial charge in [-0.2, -0.15) is 0 Å². The van der Waals surface area contributed by atoms with Gasteiger partial charge in [-0.1, -0.05) is 18.2 Å². The molecule has 4 aromatic rings. The Balaban J connectivity index is 1.35. The largest absolute Gasteiger partial charge is 0.321 e. The quantitative estimate of drug-likeness (QED) is 0.481. The van der Waals surface area contributed by atoms with Gasteiger partial charge in [0.25, 0.3) is 11.8 Å². The number of rotatable bonds is 3. The third kappa shape index (κ3) is 3.44. The molecule has 0 radical (unpaired) electrons. The minimum atomic E-state index is -0.185. The lowest BCUT2D eigenvalue weighted by molar-refractivity contribution is 0.0988. The summed E-state index contributed by atoms with van der Waals surface area (Å²) in [6.45, 7) is 6.40. The van der Waals surface area contributed by atoms with Gasteiger partial charge in [0, 0.05) is 34.6 Å². The molecule has 0 bridgehead atoms. The van der Waals surface area contributed by atoms with Crippen molar-refractivity contribution in [3.05, 3.63) is 81.6 Å². The van der Waals surface area contributed by atoms with Crippen LogP contribution in [0, 0.1) is 20.8 Å². The molecule has 0 aliphatic carbocycles. The van der Waals surface area contributed by atoms with Gasteiger partial charge in [-0.05, 0) is 68.7 Å². The van der Waals surface area contributed by atoms with Crippen molar-refractivity contribution in [3.63, 3.8) is 0 Å². The van der Waals surface area contributed by atoms with E-state index >= 15 is 0 Å². The molecule has 1 N–H and O–H groups in total. The van der Waals surface area contributed by atoms with E-state index in [1.54, 1.807) is 24.3 Å². The van der Waals surface area contributed by atoms with Gasteiger partial charge in [0.15, 0.2) is 0 Å². The zero-order chi connectivity index (χ0) is 22.4. The number of anilines is 2. The van der Waals surface area contributed by atoms with Gasteiger partial charge >= 0.3 is 0 Å². The Morgan fingerprint density at radius 3 is 2.53 bits per heavy atom. The number of fused-ring (bicyclic) bond motifs is 2. The van der Waals surface area contributed by atoms with Gasteiger partial charge in [-0.25, -0.2) is 9.97 Å². The van der Waals surface area contributed by atoms with Crippen molar-refractivity contribution >= 4 is 44.7 Å². The second-order valence-corrected chi connectivity index (χ2v) is 8.96.